The van der Waals surface area contributed by atoms with Gasteiger partial charge in [-0.1, -0.05) is 12.1 Å². The molecule has 4 aromatic rings. The number of ether oxygens (including phenoxy) is 2. The van der Waals surface area contributed by atoms with Crippen LogP contribution in [0.5, 0.6) is 5.75 Å². The van der Waals surface area contributed by atoms with Crippen LogP contribution in [0, 0.1) is 6.92 Å². The number of pyridine rings is 1. The maximum absolute atomic E-state index is 12.1. The molecule has 1 atom stereocenters. The number of H-pyrrole nitrogens is 1. The first-order valence-corrected chi connectivity index (χ1v) is 10.5. The second kappa shape index (κ2) is 8.10. The van der Waals surface area contributed by atoms with Crippen LogP contribution in [0.3, 0.4) is 0 Å². The molecule has 1 aliphatic heterocycles. The van der Waals surface area contributed by atoms with Crippen molar-refractivity contribution < 1.29 is 24.2 Å². The third kappa shape index (κ3) is 3.72. The van der Waals surface area contributed by atoms with E-state index in [0.717, 1.165) is 39.4 Å². The Bertz CT molecular complexity index is 1410. The number of aromatic nitrogens is 2. The third-order valence-electron chi connectivity index (χ3n) is 5.89. The van der Waals surface area contributed by atoms with Gasteiger partial charge in [-0.25, -0.2) is 9.78 Å². The highest BCUT2D eigenvalue weighted by Gasteiger charge is 2.21. The average Bonchev–Trinajstić information content (AvgIpc) is 3.41. The number of rotatable bonds is 5. The molecule has 5 rings (SSSR count). The van der Waals surface area contributed by atoms with Gasteiger partial charge in [0.05, 0.1) is 24.2 Å². The number of hydrogen-bond donors (Lipinski definition) is 4. The fraction of sp³-hybridized carbons (Fsp3) is 0.208. The summed E-state index contributed by atoms with van der Waals surface area (Å²) >= 11 is 0. The first kappa shape index (κ1) is 20.8. The zero-order valence-corrected chi connectivity index (χ0v) is 17.8. The molecule has 0 saturated carbocycles. The molecule has 5 N–H and O–H groups in total. The summed E-state index contributed by atoms with van der Waals surface area (Å²) < 4.78 is 11.4. The Morgan fingerprint density at radius 2 is 2.12 bits per heavy atom. The summed E-state index contributed by atoms with van der Waals surface area (Å²) in [5, 5.41) is 13.2. The second-order valence-corrected chi connectivity index (χ2v) is 7.98. The van der Waals surface area contributed by atoms with E-state index in [1.54, 1.807) is 18.3 Å². The zero-order valence-electron chi connectivity index (χ0n) is 17.8. The fourth-order valence-electron chi connectivity index (χ4n) is 4.33. The lowest BCUT2D eigenvalue weighted by atomic mass is 9.96. The Kier molecular flexibility index (Phi) is 5.10. The maximum atomic E-state index is 12.1. The second-order valence-electron chi connectivity index (χ2n) is 7.98. The highest BCUT2D eigenvalue weighted by Crippen LogP contribution is 2.39. The van der Waals surface area contributed by atoms with Gasteiger partial charge in [-0.05, 0) is 36.2 Å². The number of amides is 2. The number of hydrogen-bond acceptors (Lipinski definition) is 5. The minimum Gasteiger partial charge on any atom is -0.488 e. The molecule has 0 spiro atoms. The molecule has 1 saturated heterocycles. The van der Waals surface area contributed by atoms with E-state index < -0.39 is 12.0 Å². The smallest absolute Gasteiger partial charge is 0.409 e. The molecule has 168 valence electrons. The summed E-state index contributed by atoms with van der Waals surface area (Å²) in [6.07, 6.45) is 1.31. The van der Waals surface area contributed by atoms with Crippen molar-refractivity contribution in [2.75, 3.05) is 18.5 Å². The van der Waals surface area contributed by atoms with Crippen molar-refractivity contribution in [3.63, 3.8) is 0 Å². The number of carboxylic acid groups (broad SMARTS) is 1. The molecule has 1 unspecified atom stereocenters. The number of benzene rings is 2. The lowest BCUT2D eigenvalue weighted by molar-refractivity contribution is 0.0997. The standard InChI is InChI=1S/C24H22N4O5/c1-12-15(3-2-4-18(12)28-24(30)31)17-10-26-22(23(25)29)21-20(17)16-6-5-13(9-19(16)27-21)33-14-7-8-32-11-14/h2-6,9-10,14,27-28H,7-8,11H2,1H3,(H2,25,29)(H,30,31). The van der Waals surface area contributed by atoms with E-state index >= 15 is 0 Å². The Morgan fingerprint density at radius 3 is 2.85 bits per heavy atom. The molecule has 2 aromatic carbocycles. The van der Waals surface area contributed by atoms with Gasteiger partial charge in [0.15, 0.2) is 5.69 Å². The van der Waals surface area contributed by atoms with E-state index in [-0.39, 0.29) is 11.8 Å². The average molecular weight is 446 g/mol. The topological polar surface area (TPSA) is 140 Å². The number of nitrogens with zero attached hydrogens (tertiary/aromatic N) is 1. The van der Waals surface area contributed by atoms with Gasteiger partial charge in [-0.3, -0.25) is 10.1 Å². The van der Waals surface area contributed by atoms with Crippen LogP contribution < -0.4 is 15.8 Å². The Labute approximate surface area is 188 Å². The lowest BCUT2D eigenvalue weighted by Gasteiger charge is -2.13. The number of aromatic amines is 1. The third-order valence-corrected chi connectivity index (χ3v) is 5.89. The fourth-order valence-corrected chi connectivity index (χ4v) is 4.33. The van der Waals surface area contributed by atoms with E-state index in [4.69, 9.17) is 20.3 Å². The molecule has 2 amide bonds. The molecule has 9 heteroatoms. The highest BCUT2D eigenvalue weighted by molar-refractivity contribution is 6.19. The number of primary amides is 1. The molecule has 0 bridgehead atoms. The molecule has 2 aromatic heterocycles. The van der Waals surface area contributed by atoms with Crippen LogP contribution in [0.4, 0.5) is 10.5 Å². The number of fused-ring (bicyclic) bond motifs is 3. The van der Waals surface area contributed by atoms with E-state index in [9.17, 15) is 9.59 Å². The van der Waals surface area contributed by atoms with E-state index in [1.165, 1.54) is 0 Å². The number of nitrogens with two attached hydrogens (primary N) is 1. The minimum atomic E-state index is -1.14. The van der Waals surface area contributed by atoms with Crippen LogP contribution in [0.25, 0.3) is 32.9 Å². The van der Waals surface area contributed by atoms with Crippen molar-refractivity contribution in [1.29, 1.82) is 0 Å². The van der Waals surface area contributed by atoms with E-state index in [1.807, 2.05) is 31.2 Å². The van der Waals surface area contributed by atoms with Crippen molar-refractivity contribution >= 4 is 39.5 Å². The van der Waals surface area contributed by atoms with Gasteiger partial charge >= 0.3 is 6.09 Å². The van der Waals surface area contributed by atoms with Crippen LogP contribution in [-0.2, 0) is 4.74 Å². The maximum Gasteiger partial charge on any atom is 0.409 e. The predicted octanol–water partition coefficient (Wildman–Crippen LogP) is 4.05. The number of anilines is 1. The molecule has 3 heterocycles. The summed E-state index contributed by atoms with van der Waals surface area (Å²) in [6, 6.07) is 11.1. The van der Waals surface area contributed by atoms with Gasteiger partial charge < -0.3 is 25.3 Å². The summed E-state index contributed by atoms with van der Waals surface area (Å²) in [5.74, 6) is 0.0548. The zero-order chi connectivity index (χ0) is 23.1. The van der Waals surface area contributed by atoms with Crippen LogP contribution in [0.15, 0.2) is 42.6 Å². The Hall–Kier alpha value is -4.11. The van der Waals surface area contributed by atoms with Crippen molar-refractivity contribution in [3.05, 3.63) is 53.9 Å². The van der Waals surface area contributed by atoms with Crippen molar-refractivity contribution in [2.45, 2.75) is 19.4 Å². The first-order valence-electron chi connectivity index (χ1n) is 10.5. The Morgan fingerprint density at radius 1 is 1.27 bits per heavy atom. The lowest BCUT2D eigenvalue weighted by Crippen LogP contribution is -2.15. The van der Waals surface area contributed by atoms with E-state index in [0.29, 0.717) is 30.2 Å². The number of carbonyl (C=O) groups is 2. The summed E-state index contributed by atoms with van der Waals surface area (Å²) in [7, 11) is 0. The van der Waals surface area contributed by atoms with Crippen LogP contribution in [0.2, 0.25) is 0 Å². The monoisotopic (exact) mass is 446 g/mol. The summed E-state index contributed by atoms with van der Waals surface area (Å²) in [5.41, 5.74) is 9.79. The minimum absolute atomic E-state index is 0.0114. The molecule has 1 fully saturated rings. The molecule has 9 nitrogen and oxygen atoms in total. The molecular weight excluding hydrogens is 424 g/mol. The molecule has 0 aliphatic carbocycles. The van der Waals surface area contributed by atoms with Crippen LogP contribution in [-0.4, -0.2) is 46.4 Å². The molecule has 0 radical (unpaired) electrons. The number of carbonyl (C=O) groups excluding carboxylic acids is 1. The highest BCUT2D eigenvalue weighted by atomic mass is 16.5. The molecular formula is C24H22N4O5. The van der Waals surface area contributed by atoms with Crippen LogP contribution in [0.1, 0.15) is 22.5 Å². The number of nitrogens with one attached hydrogen (secondary N) is 2. The van der Waals surface area contributed by atoms with E-state index in [2.05, 4.69) is 15.3 Å². The SMILES string of the molecule is Cc1c(NC(=O)O)cccc1-c1cnc(C(N)=O)c2[nH]c3cc(OC4CCOC4)ccc3c12. The Balaban J connectivity index is 1.71. The van der Waals surface area contributed by atoms with Crippen molar-refractivity contribution in [1.82, 2.24) is 9.97 Å². The quantitative estimate of drug-likeness (QED) is 0.365. The van der Waals surface area contributed by atoms with Gasteiger partial charge in [0, 0.05) is 40.7 Å². The van der Waals surface area contributed by atoms with Crippen LogP contribution >= 0.6 is 0 Å². The first-order chi connectivity index (χ1) is 15.9. The van der Waals surface area contributed by atoms with Gasteiger partial charge in [-0.15, -0.1) is 0 Å². The van der Waals surface area contributed by atoms with Crippen molar-refractivity contribution in [2.24, 2.45) is 5.73 Å². The predicted molar refractivity (Wildman–Crippen MR) is 124 cm³/mol. The largest absolute Gasteiger partial charge is 0.488 e. The van der Waals surface area contributed by atoms with Gasteiger partial charge in [0.2, 0.25) is 0 Å². The molecule has 1 aliphatic rings. The summed E-state index contributed by atoms with van der Waals surface area (Å²) in [4.78, 5) is 30.9. The normalized spacial score (nSPS) is 15.7. The molecule has 33 heavy (non-hydrogen) atoms. The van der Waals surface area contributed by atoms with Crippen molar-refractivity contribution in [3.8, 4) is 16.9 Å². The van der Waals surface area contributed by atoms with Gasteiger partial charge in [0.1, 0.15) is 11.9 Å². The van der Waals surface area contributed by atoms with Gasteiger partial charge in [-0.2, -0.15) is 0 Å². The summed E-state index contributed by atoms with van der Waals surface area (Å²) in [6.45, 7) is 3.08. The van der Waals surface area contributed by atoms with Gasteiger partial charge in [0.25, 0.3) is 5.91 Å².